The first-order chi connectivity index (χ1) is 8.52. The Morgan fingerprint density at radius 1 is 1.33 bits per heavy atom. The minimum Gasteiger partial charge on any atom is -0.489 e. The van der Waals surface area contributed by atoms with Gasteiger partial charge in [-0.1, -0.05) is 13.8 Å². The van der Waals surface area contributed by atoms with E-state index in [2.05, 4.69) is 18.8 Å². The van der Waals surface area contributed by atoms with E-state index >= 15 is 0 Å². The number of aliphatic hydroxyl groups excluding tert-OH is 1. The van der Waals surface area contributed by atoms with E-state index in [0.717, 1.165) is 17.7 Å². The van der Waals surface area contributed by atoms with Crippen LogP contribution >= 0.6 is 11.8 Å². The molecule has 1 N–H and O–H groups in total. The number of rotatable bonds is 7. The molecule has 2 unspecified atom stereocenters. The van der Waals surface area contributed by atoms with E-state index < -0.39 is 6.10 Å². The minimum atomic E-state index is -0.479. The third-order valence-corrected chi connectivity index (χ3v) is 4.01. The molecule has 0 aliphatic carbocycles. The summed E-state index contributed by atoms with van der Waals surface area (Å²) in [5.74, 6) is 1.41. The van der Waals surface area contributed by atoms with E-state index in [9.17, 15) is 5.11 Å². The van der Waals surface area contributed by atoms with Crippen LogP contribution in [0.1, 0.15) is 45.8 Å². The fraction of sp³-hybridized carbons (Fsp3) is 0.643. The van der Waals surface area contributed by atoms with Crippen LogP contribution in [0.5, 0.6) is 5.75 Å². The third-order valence-electron chi connectivity index (χ3n) is 2.60. The number of nitrogens with zero attached hydrogens (tertiary/aromatic N) is 1. The number of aromatic nitrogens is 1. The first kappa shape index (κ1) is 15.3. The van der Waals surface area contributed by atoms with Crippen LogP contribution in [0.25, 0.3) is 0 Å². The number of ether oxygens (including phenoxy) is 1. The number of hydrogen-bond donors (Lipinski definition) is 1. The fourth-order valence-electron chi connectivity index (χ4n) is 1.42. The average Bonchev–Trinajstić information content (AvgIpc) is 2.35. The van der Waals surface area contributed by atoms with Gasteiger partial charge in [-0.3, -0.25) is 4.98 Å². The topological polar surface area (TPSA) is 42.4 Å². The van der Waals surface area contributed by atoms with E-state index in [1.807, 2.05) is 19.9 Å². The van der Waals surface area contributed by atoms with Crippen molar-refractivity contribution in [3.63, 3.8) is 0 Å². The molecule has 0 radical (unpaired) electrons. The maximum absolute atomic E-state index is 10.1. The maximum atomic E-state index is 10.1. The summed E-state index contributed by atoms with van der Waals surface area (Å²) in [5.41, 5.74) is 0.823. The number of pyridine rings is 1. The second-order valence-corrected chi connectivity index (χ2v) is 6.16. The second kappa shape index (κ2) is 7.64. The smallest absolute Gasteiger partial charge is 0.138 e. The molecule has 102 valence electrons. The summed E-state index contributed by atoms with van der Waals surface area (Å²) < 4.78 is 5.57. The molecule has 2 atom stereocenters. The van der Waals surface area contributed by atoms with Gasteiger partial charge in [-0.25, -0.2) is 0 Å². The first-order valence-corrected chi connectivity index (χ1v) is 7.49. The Morgan fingerprint density at radius 2 is 2.06 bits per heavy atom. The molecule has 18 heavy (non-hydrogen) atoms. The SMILES string of the molecule is CCC(C)SCC(O)c1cncc(OC(C)C)c1. The van der Waals surface area contributed by atoms with Crippen molar-refractivity contribution in [3.8, 4) is 5.75 Å². The van der Waals surface area contributed by atoms with Gasteiger partial charge < -0.3 is 9.84 Å². The summed E-state index contributed by atoms with van der Waals surface area (Å²) in [5, 5.41) is 10.7. The van der Waals surface area contributed by atoms with Crippen LogP contribution in [-0.4, -0.2) is 27.2 Å². The number of thioether (sulfide) groups is 1. The van der Waals surface area contributed by atoms with Gasteiger partial charge in [0.05, 0.1) is 18.4 Å². The molecule has 1 rings (SSSR count). The van der Waals surface area contributed by atoms with Crippen LogP contribution < -0.4 is 4.74 Å². The van der Waals surface area contributed by atoms with Crippen molar-refractivity contribution in [1.29, 1.82) is 0 Å². The van der Waals surface area contributed by atoms with E-state index in [1.54, 1.807) is 24.2 Å². The number of hydrogen-bond acceptors (Lipinski definition) is 4. The van der Waals surface area contributed by atoms with Crippen LogP contribution in [0, 0.1) is 0 Å². The minimum absolute atomic E-state index is 0.119. The zero-order chi connectivity index (χ0) is 13.5. The van der Waals surface area contributed by atoms with Crippen molar-refractivity contribution in [2.75, 3.05) is 5.75 Å². The van der Waals surface area contributed by atoms with Gasteiger partial charge in [0.25, 0.3) is 0 Å². The van der Waals surface area contributed by atoms with E-state index in [1.165, 1.54) is 0 Å². The van der Waals surface area contributed by atoms with Gasteiger partial charge >= 0.3 is 0 Å². The molecular weight excluding hydrogens is 246 g/mol. The first-order valence-electron chi connectivity index (χ1n) is 6.44. The Kier molecular flexibility index (Phi) is 6.50. The van der Waals surface area contributed by atoms with Crippen molar-refractivity contribution in [3.05, 3.63) is 24.0 Å². The molecule has 0 spiro atoms. The van der Waals surface area contributed by atoms with Crippen LogP contribution in [0.3, 0.4) is 0 Å². The highest BCUT2D eigenvalue weighted by atomic mass is 32.2. The summed E-state index contributed by atoms with van der Waals surface area (Å²) >= 11 is 1.78. The second-order valence-electron chi connectivity index (χ2n) is 4.69. The molecule has 1 aromatic rings. The Morgan fingerprint density at radius 3 is 2.67 bits per heavy atom. The van der Waals surface area contributed by atoms with E-state index in [0.29, 0.717) is 11.0 Å². The van der Waals surface area contributed by atoms with Crippen molar-refractivity contribution in [1.82, 2.24) is 4.98 Å². The Hall–Kier alpha value is -0.740. The maximum Gasteiger partial charge on any atom is 0.138 e. The van der Waals surface area contributed by atoms with Gasteiger partial charge in [-0.15, -0.1) is 0 Å². The largest absolute Gasteiger partial charge is 0.489 e. The van der Waals surface area contributed by atoms with Gasteiger partial charge in [-0.2, -0.15) is 11.8 Å². The highest BCUT2D eigenvalue weighted by Crippen LogP contribution is 2.24. The summed E-state index contributed by atoms with van der Waals surface area (Å²) in [6.45, 7) is 8.28. The lowest BCUT2D eigenvalue weighted by Crippen LogP contribution is -2.08. The Bertz CT molecular complexity index is 357. The summed E-state index contributed by atoms with van der Waals surface area (Å²) in [6, 6.07) is 1.87. The van der Waals surface area contributed by atoms with Crippen LogP contribution in [0.4, 0.5) is 0 Å². The molecule has 0 aliphatic rings. The molecule has 1 heterocycles. The van der Waals surface area contributed by atoms with Crippen molar-refractivity contribution in [2.45, 2.75) is 51.6 Å². The molecule has 1 aromatic heterocycles. The van der Waals surface area contributed by atoms with Gasteiger partial charge in [0.1, 0.15) is 5.75 Å². The third kappa shape index (κ3) is 5.27. The monoisotopic (exact) mass is 269 g/mol. The molecule has 3 nitrogen and oxygen atoms in total. The van der Waals surface area contributed by atoms with Gasteiger partial charge in [-0.05, 0) is 26.3 Å². The van der Waals surface area contributed by atoms with Crippen molar-refractivity contribution >= 4 is 11.8 Å². The molecule has 0 aromatic carbocycles. The molecule has 4 heteroatoms. The average molecular weight is 269 g/mol. The van der Waals surface area contributed by atoms with Gasteiger partial charge in [0, 0.05) is 22.8 Å². The van der Waals surface area contributed by atoms with Crippen molar-refractivity contribution in [2.24, 2.45) is 0 Å². The van der Waals surface area contributed by atoms with E-state index in [-0.39, 0.29) is 6.10 Å². The fourth-order valence-corrected chi connectivity index (χ4v) is 2.36. The van der Waals surface area contributed by atoms with Gasteiger partial charge in [0.15, 0.2) is 0 Å². The van der Waals surface area contributed by atoms with Crippen LogP contribution in [0.2, 0.25) is 0 Å². The number of aliphatic hydroxyl groups is 1. The molecule has 0 bridgehead atoms. The molecule has 0 saturated carbocycles. The normalized spacial score (nSPS) is 14.6. The Balaban J connectivity index is 2.59. The predicted molar refractivity (Wildman–Crippen MR) is 77.2 cm³/mol. The standard InChI is InChI=1S/C14H23NO2S/c1-5-11(4)18-9-14(16)12-6-13(8-15-7-12)17-10(2)3/h6-8,10-11,14,16H,5,9H2,1-4H3. The lowest BCUT2D eigenvalue weighted by Gasteiger charge is -2.15. The molecule has 0 fully saturated rings. The Labute approximate surface area is 114 Å². The highest BCUT2D eigenvalue weighted by Gasteiger charge is 2.11. The lowest BCUT2D eigenvalue weighted by molar-refractivity contribution is 0.201. The van der Waals surface area contributed by atoms with Crippen LogP contribution in [-0.2, 0) is 0 Å². The van der Waals surface area contributed by atoms with Crippen molar-refractivity contribution < 1.29 is 9.84 Å². The molecule has 0 amide bonds. The summed E-state index contributed by atoms with van der Waals surface area (Å²) in [7, 11) is 0. The lowest BCUT2D eigenvalue weighted by atomic mass is 10.2. The van der Waals surface area contributed by atoms with Crippen LogP contribution in [0.15, 0.2) is 18.5 Å². The quantitative estimate of drug-likeness (QED) is 0.823. The predicted octanol–water partition coefficient (Wildman–Crippen LogP) is 3.43. The molecular formula is C14H23NO2S. The zero-order valence-electron chi connectivity index (χ0n) is 11.6. The molecule has 0 aliphatic heterocycles. The highest BCUT2D eigenvalue weighted by molar-refractivity contribution is 7.99. The molecule has 0 saturated heterocycles. The zero-order valence-corrected chi connectivity index (χ0v) is 12.4. The summed E-state index contributed by atoms with van der Waals surface area (Å²) in [6.07, 6.45) is 4.14. The van der Waals surface area contributed by atoms with E-state index in [4.69, 9.17) is 4.74 Å². The summed E-state index contributed by atoms with van der Waals surface area (Å²) in [4.78, 5) is 4.11. The van der Waals surface area contributed by atoms with Gasteiger partial charge in [0.2, 0.25) is 0 Å².